The highest BCUT2D eigenvalue weighted by Gasteiger charge is 2.55. The van der Waals surface area contributed by atoms with Gasteiger partial charge in [-0.15, -0.1) is 0 Å². The number of nitrogens with two attached hydrogens (primary N) is 1. The molecule has 2 N–H and O–H groups in total. The maximum absolute atomic E-state index is 12.6. The number of likely N-dealkylation sites (N-methyl/N-ethyl adjacent to an activating group) is 1. The first-order valence-corrected chi connectivity index (χ1v) is 6.97. The molecule has 0 heterocycles. The van der Waals surface area contributed by atoms with Crippen LogP contribution in [-0.2, 0) is 4.79 Å². The number of ketones is 1. The lowest BCUT2D eigenvalue weighted by Crippen LogP contribution is -2.88. The molecule has 2 nitrogen and oxygen atoms in total. The lowest BCUT2D eigenvalue weighted by atomic mass is 9.48. The molecule has 0 spiro atoms. The summed E-state index contributed by atoms with van der Waals surface area (Å²) in [6.45, 7) is 2.08. The molecule has 0 aromatic rings. The Morgan fingerprint density at radius 3 is 1.94 bits per heavy atom. The average Bonchev–Trinajstić information content (AvgIpc) is 2.25. The normalized spacial score (nSPS) is 47.0. The highest BCUT2D eigenvalue weighted by molar-refractivity contribution is 5.88. The second kappa shape index (κ2) is 3.56. The number of quaternary nitrogens is 1. The van der Waals surface area contributed by atoms with Crippen LogP contribution in [0.5, 0.6) is 0 Å². The number of rotatable bonds is 3. The zero-order chi connectivity index (χ0) is 11.3. The highest BCUT2D eigenvalue weighted by atomic mass is 16.1. The predicted octanol–water partition coefficient (Wildman–Crippen LogP) is 1.35. The van der Waals surface area contributed by atoms with Crippen LogP contribution in [0.2, 0.25) is 0 Å². The molecule has 0 aromatic heterocycles. The van der Waals surface area contributed by atoms with Gasteiger partial charge in [-0.1, -0.05) is 0 Å². The fourth-order valence-corrected chi connectivity index (χ4v) is 5.05. The molecule has 0 amide bonds. The van der Waals surface area contributed by atoms with E-state index >= 15 is 0 Å². The Morgan fingerprint density at radius 1 is 1.12 bits per heavy atom. The van der Waals surface area contributed by atoms with Crippen molar-refractivity contribution in [3.05, 3.63) is 0 Å². The fraction of sp³-hybridized carbons (Fsp3) is 0.929. The van der Waals surface area contributed by atoms with Crippen molar-refractivity contribution in [3.63, 3.8) is 0 Å². The zero-order valence-corrected chi connectivity index (χ0v) is 10.5. The van der Waals surface area contributed by atoms with Crippen molar-refractivity contribution in [1.29, 1.82) is 0 Å². The minimum absolute atomic E-state index is 0.112. The van der Waals surface area contributed by atoms with Crippen LogP contribution in [0.1, 0.15) is 45.4 Å². The second-order valence-corrected chi connectivity index (χ2v) is 6.68. The van der Waals surface area contributed by atoms with E-state index < -0.39 is 0 Å². The van der Waals surface area contributed by atoms with Gasteiger partial charge in [0.1, 0.15) is 6.04 Å². The van der Waals surface area contributed by atoms with Crippen LogP contribution in [0.4, 0.5) is 0 Å². The van der Waals surface area contributed by atoms with Crippen molar-refractivity contribution >= 4 is 5.78 Å². The Labute approximate surface area is 98.2 Å². The number of hydrogen-bond acceptors (Lipinski definition) is 1. The van der Waals surface area contributed by atoms with Gasteiger partial charge in [-0.05, 0) is 63.2 Å². The third-order valence-corrected chi connectivity index (χ3v) is 5.47. The first kappa shape index (κ1) is 10.8. The van der Waals surface area contributed by atoms with E-state index in [1.165, 1.54) is 38.5 Å². The molecule has 4 fully saturated rings. The molecular weight excluding hydrogens is 198 g/mol. The van der Waals surface area contributed by atoms with Gasteiger partial charge < -0.3 is 5.32 Å². The molecule has 90 valence electrons. The molecule has 4 rings (SSSR count). The van der Waals surface area contributed by atoms with Crippen LogP contribution in [-0.4, -0.2) is 18.9 Å². The van der Waals surface area contributed by atoms with Crippen molar-refractivity contribution in [2.45, 2.75) is 51.5 Å². The van der Waals surface area contributed by atoms with Gasteiger partial charge >= 0.3 is 0 Å². The summed E-state index contributed by atoms with van der Waals surface area (Å²) in [5, 5.41) is 2.08. The van der Waals surface area contributed by atoms with Crippen LogP contribution >= 0.6 is 0 Å². The lowest BCUT2D eigenvalue weighted by Gasteiger charge is -2.56. The Balaban J connectivity index is 1.85. The van der Waals surface area contributed by atoms with E-state index in [9.17, 15) is 4.79 Å². The van der Waals surface area contributed by atoms with Gasteiger partial charge in [-0.3, -0.25) is 4.79 Å². The summed E-state index contributed by atoms with van der Waals surface area (Å²) in [5.41, 5.74) is 0.112. The zero-order valence-electron chi connectivity index (χ0n) is 10.5. The van der Waals surface area contributed by atoms with E-state index in [0.717, 1.165) is 17.8 Å². The molecule has 0 aliphatic heterocycles. The summed E-state index contributed by atoms with van der Waals surface area (Å²) < 4.78 is 0. The van der Waals surface area contributed by atoms with Crippen LogP contribution in [0.15, 0.2) is 0 Å². The Kier molecular flexibility index (Phi) is 2.39. The first-order chi connectivity index (χ1) is 7.63. The molecule has 0 saturated heterocycles. The maximum atomic E-state index is 12.6. The third kappa shape index (κ3) is 1.46. The molecule has 4 aliphatic carbocycles. The van der Waals surface area contributed by atoms with E-state index in [4.69, 9.17) is 0 Å². The van der Waals surface area contributed by atoms with Crippen molar-refractivity contribution in [2.24, 2.45) is 23.2 Å². The summed E-state index contributed by atoms with van der Waals surface area (Å²) in [6, 6.07) is 0.177. The topological polar surface area (TPSA) is 33.7 Å². The van der Waals surface area contributed by atoms with Crippen LogP contribution in [0.25, 0.3) is 0 Å². The Morgan fingerprint density at radius 2 is 1.56 bits per heavy atom. The van der Waals surface area contributed by atoms with Crippen molar-refractivity contribution in [1.82, 2.24) is 0 Å². The summed E-state index contributed by atoms with van der Waals surface area (Å²) in [5.74, 6) is 3.23. The standard InChI is InChI=1S/C14H23NO/c1-9(15-2)13(16)14-6-10-3-11(7-14)5-12(4-10)8-14/h9-12,15H,3-8H2,1-2H3/p+1/t9-,10?,11?,12?,14?/m0/s1. The van der Waals surface area contributed by atoms with Crippen molar-refractivity contribution in [2.75, 3.05) is 7.05 Å². The first-order valence-electron chi connectivity index (χ1n) is 6.97. The van der Waals surface area contributed by atoms with Crippen molar-refractivity contribution < 1.29 is 10.1 Å². The Bertz CT molecular complexity index is 275. The van der Waals surface area contributed by atoms with Crippen LogP contribution in [0.3, 0.4) is 0 Å². The van der Waals surface area contributed by atoms with Crippen LogP contribution in [0, 0.1) is 23.2 Å². The molecule has 4 aliphatic rings. The number of carbonyl (C=O) groups excluding carboxylic acids is 1. The number of Topliss-reactive ketones (excluding diaryl/α,β-unsaturated/α-hetero) is 1. The second-order valence-electron chi connectivity index (χ2n) is 6.68. The molecule has 1 atom stereocenters. The molecule has 0 radical (unpaired) electrons. The van der Waals surface area contributed by atoms with Gasteiger partial charge in [0.25, 0.3) is 0 Å². The highest BCUT2D eigenvalue weighted by Crippen LogP contribution is 2.60. The Hall–Kier alpha value is -0.370. The quantitative estimate of drug-likeness (QED) is 0.768. The maximum Gasteiger partial charge on any atom is 0.195 e. The molecule has 0 unspecified atom stereocenters. The average molecular weight is 222 g/mol. The monoisotopic (exact) mass is 222 g/mol. The summed E-state index contributed by atoms with van der Waals surface area (Å²) in [7, 11) is 2.03. The molecule has 16 heavy (non-hydrogen) atoms. The SMILES string of the molecule is C[NH2+][C@@H](C)C(=O)C12CC3CC(CC(C3)C1)C2. The van der Waals surface area contributed by atoms with Gasteiger partial charge in [-0.25, -0.2) is 0 Å². The van der Waals surface area contributed by atoms with E-state index in [0.29, 0.717) is 5.78 Å². The number of hydrogen-bond donors (Lipinski definition) is 1. The van der Waals surface area contributed by atoms with Gasteiger partial charge in [-0.2, -0.15) is 0 Å². The largest absolute Gasteiger partial charge is 0.340 e. The summed E-state index contributed by atoms with van der Waals surface area (Å²) >= 11 is 0. The van der Waals surface area contributed by atoms with E-state index in [1.54, 1.807) is 0 Å². The van der Waals surface area contributed by atoms with Crippen molar-refractivity contribution in [3.8, 4) is 0 Å². The molecule has 0 aromatic carbocycles. The van der Waals surface area contributed by atoms with E-state index in [-0.39, 0.29) is 11.5 Å². The summed E-state index contributed by atoms with van der Waals surface area (Å²) in [4.78, 5) is 12.6. The fourth-order valence-electron chi connectivity index (χ4n) is 5.05. The van der Waals surface area contributed by atoms with Gasteiger partial charge in [0.15, 0.2) is 5.78 Å². The molecule has 4 saturated carbocycles. The van der Waals surface area contributed by atoms with Crippen LogP contribution < -0.4 is 5.32 Å². The van der Waals surface area contributed by atoms with Gasteiger partial charge in [0.2, 0.25) is 0 Å². The molecule has 2 heteroatoms. The minimum atomic E-state index is 0.112. The predicted molar refractivity (Wildman–Crippen MR) is 62.9 cm³/mol. The van der Waals surface area contributed by atoms with Gasteiger partial charge in [0.05, 0.1) is 7.05 Å². The van der Waals surface area contributed by atoms with Gasteiger partial charge in [0, 0.05) is 5.41 Å². The molecule has 4 bridgehead atoms. The number of carbonyl (C=O) groups is 1. The minimum Gasteiger partial charge on any atom is -0.340 e. The van der Waals surface area contributed by atoms with E-state index in [1.807, 2.05) is 7.05 Å². The summed E-state index contributed by atoms with van der Waals surface area (Å²) in [6.07, 6.45) is 7.94. The lowest BCUT2D eigenvalue weighted by molar-refractivity contribution is -0.647. The smallest absolute Gasteiger partial charge is 0.195 e. The van der Waals surface area contributed by atoms with E-state index in [2.05, 4.69) is 12.2 Å². The third-order valence-electron chi connectivity index (χ3n) is 5.47. The molecular formula is C14H24NO+.